The first-order valence-corrected chi connectivity index (χ1v) is 15.3. The Balaban J connectivity index is 4.03. The summed E-state index contributed by atoms with van der Waals surface area (Å²) in [6.45, 7) is 17.1. The molecule has 0 aliphatic rings. The molecule has 0 radical (unpaired) electrons. The Morgan fingerprint density at radius 2 is 1.76 bits per heavy atom. The van der Waals surface area contributed by atoms with Crippen LogP contribution in [0.3, 0.4) is 0 Å². The molecule has 1 unspecified atom stereocenters. The van der Waals surface area contributed by atoms with Gasteiger partial charge in [-0.15, -0.1) is 0 Å². The number of carbonyl (C=O) groups is 1. The van der Waals surface area contributed by atoms with Crippen molar-refractivity contribution in [2.75, 3.05) is 13.1 Å². The second-order valence-corrected chi connectivity index (χ2v) is 14.6. The van der Waals surface area contributed by atoms with Gasteiger partial charge in [0.25, 0.3) is 0 Å². The summed E-state index contributed by atoms with van der Waals surface area (Å²) in [6, 6.07) is 2.54. The van der Waals surface area contributed by atoms with E-state index >= 15 is 0 Å². The fourth-order valence-corrected chi connectivity index (χ4v) is 7.69. The van der Waals surface area contributed by atoms with Crippen LogP contribution in [0.5, 0.6) is 0 Å². The maximum atomic E-state index is 12.0. The van der Waals surface area contributed by atoms with E-state index in [-0.39, 0.29) is 5.91 Å². The summed E-state index contributed by atoms with van der Waals surface area (Å²) < 4.78 is 6.26. The molecule has 0 aliphatic carbocycles. The summed E-state index contributed by atoms with van der Waals surface area (Å²) in [6.07, 6.45) is 9.96. The van der Waals surface area contributed by atoms with Crippen molar-refractivity contribution in [1.29, 1.82) is 0 Å². The third-order valence-electron chi connectivity index (χ3n) is 5.23. The average Bonchev–Trinajstić information content (AvgIpc) is 2.60. The van der Waals surface area contributed by atoms with Gasteiger partial charge in [0.15, 0.2) is 9.76 Å². The molecular formula is C20H43NO2Si2. The van der Waals surface area contributed by atoms with Gasteiger partial charge in [0.2, 0.25) is 5.91 Å². The van der Waals surface area contributed by atoms with Gasteiger partial charge in [-0.25, -0.2) is 0 Å². The van der Waals surface area contributed by atoms with E-state index in [4.69, 9.17) is 4.43 Å². The van der Waals surface area contributed by atoms with Gasteiger partial charge in [-0.1, -0.05) is 71.7 Å². The Bertz CT molecular complexity index is 362. The summed E-state index contributed by atoms with van der Waals surface area (Å²) in [5.41, 5.74) is 0.477. The number of rotatable bonds is 16. The fourth-order valence-electron chi connectivity index (χ4n) is 2.92. The van der Waals surface area contributed by atoms with Crippen molar-refractivity contribution in [2.24, 2.45) is 0 Å². The quantitative estimate of drug-likeness (QED) is 0.214. The topological polar surface area (TPSA) is 29.5 Å². The van der Waals surface area contributed by atoms with Gasteiger partial charge in [0.05, 0.1) is 8.07 Å². The lowest BCUT2D eigenvalue weighted by atomic mass is 10.2. The molecule has 0 saturated heterocycles. The molecule has 3 nitrogen and oxygen atoms in total. The van der Waals surface area contributed by atoms with Crippen LogP contribution < -0.4 is 0 Å². The Kier molecular flexibility index (Phi) is 14.5. The minimum absolute atomic E-state index is 0.0838. The van der Waals surface area contributed by atoms with Crippen LogP contribution in [0.4, 0.5) is 0 Å². The summed E-state index contributed by atoms with van der Waals surface area (Å²) in [4.78, 5) is 13.9. The number of carbonyl (C=O) groups excluding carboxylic acids is 1. The third kappa shape index (κ3) is 11.8. The molecule has 0 aromatic rings. The maximum absolute atomic E-state index is 12.0. The third-order valence-corrected chi connectivity index (χ3v) is 11.1. The molecule has 1 atom stereocenters. The van der Waals surface area contributed by atoms with Gasteiger partial charge in [-0.05, 0) is 31.9 Å². The van der Waals surface area contributed by atoms with Crippen molar-refractivity contribution >= 4 is 23.7 Å². The number of unbranched alkanes of at least 4 members (excludes halogenated alkanes) is 4. The smallest absolute Gasteiger partial charge is 0.245 e. The first kappa shape index (κ1) is 24.6. The molecular weight excluding hydrogens is 342 g/mol. The van der Waals surface area contributed by atoms with E-state index in [1.54, 1.807) is 0 Å². The Morgan fingerprint density at radius 1 is 1.12 bits per heavy atom. The Hall–Kier alpha value is -0.396. The predicted molar refractivity (Wildman–Crippen MR) is 117 cm³/mol. The molecule has 0 heterocycles. The van der Waals surface area contributed by atoms with Gasteiger partial charge in [-0.2, -0.15) is 0 Å². The lowest BCUT2D eigenvalue weighted by Gasteiger charge is -2.30. The zero-order chi connectivity index (χ0) is 19.1. The van der Waals surface area contributed by atoms with Crippen LogP contribution in [-0.4, -0.2) is 47.5 Å². The molecule has 0 spiro atoms. The Morgan fingerprint density at radius 3 is 2.36 bits per heavy atom. The van der Waals surface area contributed by atoms with Crippen LogP contribution >= 0.6 is 0 Å². The summed E-state index contributed by atoms with van der Waals surface area (Å²) in [5, 5.41) is 0. The molecule has 0 aliphatic heterocycles. The highest BCUT2D eigenvalue weighted by Gasteiger charge is 2.27. The van der Waals surface area contributed by atoms with Gasteiger partial charge >= 0.3 is 0 Å². The van der Waals surface area contributed by atoms with Gasteiger partial charge in [0, 0.05) is 18.8 Å². The lowest BCUT2D eigenvalue weighted by Crippen LogP contribution is -2.42. The molecule has 0 rings (SSSR count). The van der Waals surface area contributed by atoms with Crippen molar-refractivity contribution in [3.8, 4) is 0 Å². The highest BCUT2D eigenvalue weighted by atomic mass is 28.3. The van der Waals surface area contributed by atoms with Crippen molar-refractivity contribution in [3.05, 3.63) is 12.7 Å². The average molecular weight is 386 g/mol. The second-order valence-electron chi connectivity index (χ2n) is 7.90. The largest absolute Gasteiger partial charge is 0.424 e. The van der Waals surface area contributed by atoms with Crippen molar-refractivity contribution in [2.45, 2.75) is 96.6 Å². The van der Waals surface area contributed by atoms with Crippen LogP contribution in [0.25, 0.3) is 0 Å². The van der Waals surface area contributed by atoms with E-state index in [1.165, 1.54) is 50.3 Å². The molecule has 0 N–H and O–H groups in total. The minimum Gasteiger partial charge on any atom is -0.424 e. The molecule has 25 heavy (non-hydrogen) atoms. The molecule has 0 bridgehead atoms. The summed E-state index contributed by atoms with van der Waals surface area (Å²) >= 11 is 0. The normalized spacial score (nSPS) is 13.3. The maximum Gasteiger partial charge on any atom is 0.245 e. The number of amides is 1. The highest BCUT2D eigenvalue weighted by Crippen LogP contribution is 2.20. The van der Waals surface area contributed by atoms with Crippen LogP contribution in [0.1, 0.15) is 65.7 Å². The van der Waals surface area contributed by atoms with Crippen LogP contribution in [0, 0.1) is 0 Å². The number of nitrogens with zero attached hydrogens (tertiary/aromatic N) is 1. The standard InChI is InChI=1S/C20H43NO2Si2/c1-7-10-12-13-15-21(20(22)9-3)16-14-17-24-23-19(4)25(5,6)18-11-8-2/h9,19H,3,7-8,10-18,24H2,1-2,4-6H3. The van der Waals surface area contributed by atoms with Crippen molar-refractivity contribution in [1.82, 2.24) is 4.90 Å². The summed E-state index contributed by atoms with van der Waals surface area (Å²) in [7, 11) is -1.69. The van der Waals surface area contributed by atoms with Crippen LogP contribution in [-0.2, 0) is 9.22 Å². The van der Waals surface area contributed by atoms with Crippen LogP contribution in [0.15, 0.2) is 12.7 Å². The molecule has 0 fully saturated rings. The second kappa shape index (κ2) is 14.7. The Labute approximate surface area is 160 Å². The zero-order valence-electron chi connectivity index (χ0n) is 17.6. The van der Waals surface area contributed by atoms with Crippen molar-refractivity contribution < 1.29 is 9.22 Å². The van der Waals surface area contributed by atoms with Gasteiger partial charge in [-0.3, -0.25) is 4.79 Å². The van der Waals surface area contributed by atoms with E-state index < -0.39 is 17.8 Å². The molecule has 0 aromatic carbocycles. The minimum atomic E-state index is -1.22. The van der Waals surface area contributed by atoms with Crippen LogP contribution in [0.2, 0.25) is 25.2 Å². The van der Waals surface area contributed by atoms with Gasteiger partial charge < -0.3 is 9.33 Å². The first-order chi connectivity index (χ1) is 11.9. The fraction of sp³-hybridized carbons (Fsp3) is 0.850. The zero-order valence-corrected chi connectivity index (χ0v) is 20.0. The molecule has 5 heteroatoms. The molecule has 0 aromatic heterocycles. The number of hydrogen-bond donors (Lipinski definition) is 0. The highest BCUT2D eigenvalue weighted by molar-refractivity contribution is 6.78. The SMILES string of the molecule is C=CC(=O)N(CCCCCC)CCC[SiH2]OC(C)[Si](C)(C)CCCC. The monoisotopic (exact) mass is 385 g/mol. The predicted octanol–water partition coefficient (Wildman–Crippen LogP) is 4.93. The first-order valence-electron chi connectivity index (χ1n) is 10.4. The van der Waals surface area contributed by atoms with E-state index in [0.29, 0.717) is 5.73 Å². The van der Waals surface area contributed by atoms with Gasteiger partial charge in [0.1, 0.15) is 0 Å². The summed E-state index contributed by atoms with van der Waals surface area (Å²) in [5.74, 6) is 0.0838. The van der Waals surface area contributed by atoms with Crippen molar-refractivity contribution in [3.63, 3.8) is 0 Å². The van der Waals surface area contributed by atoms with E-state index in [2.05, 4.69) is 40.4 Å². The molecule has 1 amide bonds. The van der Waals surface area contributed by atoms with E-state index in [1.807, 2.05) is 4.90 Å². The van der Waals surface area contributed by atoms with E-state index in [0.717, 1.165) is 25.9 Å². The van der Waals surface area contributed by atoms with E-state index in [9.17, 15) is 4.79 Å². The lowest BCUT2D eigenvalue weighted by molar-refractivity contribution is -0.126. The molecule has 0 saturated carbocycles. The number of hydrogen-bond acceptors (Lipinski definition) is 2. The molecule has 148 valence electrons.